The Labute approximate surface area is 159 Å². The summed E-state index contributed by atoms with van der Waals surface area (Å²) in [4.78, 5) is 27.2. The Hall–Kier alpha value is -3.40. The van der Waals surface area contributed by atoms with E-state index in [9.17, 15) is 9.59 Å². The summed E-state index contributed by atoms with van der Waals surface area (Å²) in [6.45, 7) is 2.39. The molecular weight excluding hydrogens is 336 g/mol. The molecule has 0 unspecified atom stereocenters. The van der Waals surface area contributed by atoms with E-state index < -0.39 is 0 Å². The smallest absolute Gasteiger partial charge is 0.256 e. The summed E-state index contributed by atoms with van der Waals surface area (Å²) in [6.07, 6.45) is 0. The van der Waals surface area contributed by atoms with Crippen molar-refractivity contribution in [3.8, 4) is 0 Å². The first kappa shape index (κ1) is 18.4. The number of aryl methyl sites for hydroxylation is 1. The van der Waals surface area contributed by atoms with E-state index in [4.69, 9.17) is 0 Å². The number of para-hydroxylation sites is 1. The fourth-order valence-electron chi connectivity index (χ4n) is 2.93. The zero-order chi connectivity index (χ0) is 19.2. The molecule has 0 aliphatic carbocycles. The lowest BCUT2D eigenvalue weighted by Crippen LogP contribution is -2.27. The van der Waals surface area contributed by atoms with Crippen molar-refractivity contribution in [3.63, 3.8) is 0 Å². The third-order valence-electron chi connectivity index (χ3n) is 4.40. The molecule has 136 valence electrons. The van der Waals surface area contributed by atoms with Crippen LogP contribution in [0.4, 0.5) is 5.69 Å². The van der Waals surface area contributed by atoms with Crippen molar-refractivity contribution in [1.82, 2.24) is 4.90 Å². The van der Waals surface area contributed by atoms with Crippen molar-refractivity contribution in [1.29, 1.82) is 0 Å². The Morgan fingerprint density at radius 2 is 1.41 bits per heavy atom. The number of amides is 2. The number of carbonyl (C=O) groups excluding carboxylic acids is 2. The Morgan fingerprint density at radius 3 is 2.11 bits per heavy atom. The molecule has 4 heteroatoms. The fourth-order valence-corrected chi connectivity index (χ4v) is 2.93. The number of rotatable bonds is 5. The highest BCUT2D eigenvalue weighted by Crippen LogP contribution is 2.20. The second-order valence-corrected chi connectivity index (χ2v) is 6.46. The minimum Gasteiger partial charge on any atom is -0.337 e. The molecule has 0 aliphatic rings. The molecule has 0 spiro atoms. The summed E-state index contributed by atoms with van der Waals surface area (Å²) in [5, 5.41) is 2.88. The Bertz CT molecular complexity index is 951. The van der Waals surface area contributed by atoms with Crippen LogP contribution in [0.2, 0.25) is 0 Å². The van der Waals surface area contributed by atoms with E-state index in [1.165, 1.54) is 0 Å². The maximum absolute atomic E-state index is 12.9. The van der Waals surface area contributed by atoms with E-state index in [-0.39, 0.29) is 11.8 Å². The lowest BCUT2D eigenvalue weighted by molar-refractivity contribution is 0.0786. The second kappa shape index (κ2) is 8.32. The molecule has 0 radical (unpaired) electrons. The summed E-state index contributed by atoms with van der Waals surface area (Å²) in [6, 6.07) is 24.3. The van der Waals surface area contributed by atoms with Gasteiger partial charge in [0.1, 0.15) is 0 Å². The summed E-state index contributed by atoms with van der Waals surface area (Å²) in [5.74, 6) is -0.362. The van der Waals surface area contributed by atoms with Gasteiger partial charge in [-0.3, -0.25) is 9.59 Å². The molecule has 3 rings (SSSR count). The topological polar surface area (TPSA) is 49.4 Å². The minimum absolute atomic E-state index is 0.139. The molecule has 1 N–H and O–H groups in total. The van der Waals surface area contributed by atoms with E-state index in [1.807, 2.05) is 55.5 Å². The highest BCUT2D eigenvalue weighted by atomic mass is 16.2. The highest BCUT2D eigenvalue weighted by molar-refractivity contribution is 6.09. The van der Waals surface area contributed by atoms with Gasteiger partial charge in [-0.2, -0.15) is 0 Å². The molecule has 27 heavy (non-hydrogen) atoms. The average Bonchev–Trinajstić information content (AvgIpc) is 2.69. The van der Waals surface area contributed by atoms with Gasteiger partial charge in [-0.1, -0.05) is 60.7 Å². The third-order valence-corrected chi connectivity index (χ3v) is 4.40. The van der Waals surface area contributed by atoms with E-state index >= 15 is 0 Å². The van der Waals surface area contributed by atoms with Crippen LogP contribution in [-0.4, -0.2) is 23.8 Å². The molecule has 0 saturated heterocycles. The van der Waals surface area contributed by atoms with Gasteiger partial charge in [-0.15, -0.1) is 0 Å². The number of benzene rings is 3. The van der Waals surface area contributed by atoms with Crippen molar-refractivity contribution in [2.24, 2.45) is 0 Å². The van der Waals surface area contributed by atoms with Crippen LogP contribution < -0.4 is 5.32 Å². The number of carbonyl (C=O) groups is 2. The number of nitrogens with one attached hydrogen (secondary N) is 1. The average molecular weight is 358 g/mol. The van der Waals surface area contributed by atoms with Crippen LogP contribution in [0, 0.1) is 6.92 Å². The van der Waals surface area contributed by atoms with Gasteiger partial charge in [-0.25, -0.2) is 0 Å². The van der Waals surface area contributed by atoms with E-state index in [0.717, 1.165) is 11.1 Å². The Balaban J connectivity index is 1.80. The van der Waals surface area contributed by atoms with Crippen molar-refractivity contribution in [3.05, 3.63) is 101 Å². The lowest BCUT2D eigenvalue weighted by atomic mass is 10.1. The van der Waals surface area contributed by atoms with E-state index in [1.54, 1.807) is 42.3 Å². The zero-order valence-electron chi connectivity index (χ0n) is 15.5. The predicted molar refractivity (Wildman–Crippen MR) is 108 cm³/mol. The molecule has 3 aromatic carbocycles. The standard InChI is InChI=1S/C23H22N2O2/c1-17-10-6-7-13-19(17)22(26)24-21-15-9-8-14-20(21)23(27)25(2)16-18-11-4-3-5-12-18/h3-15H,16H2,1-2H3,(H,24,26). The molecule has 0 atom stereocenters. The lowest BCUT2D eigenvalue weighted by Gasteiger charge is -2.19. The monoisotopic (exact) mass is 358 g/mol. The molecular formula is C23H22N2O2. The first-order valence-electron chi connectivity index (χ1n) is 8.81. The molecule has 0 fully saturated rings. The third kappa shape index (κ3) is 4.42. The second-order valence-electron chi connectivity index (χ2n) is 6.46. The first-order valence-corrected chi connectivity index (χ1v) is 8.81. The zero-order valence-corrected chi connectivity index (χ0v) is 15.5. The molecule has 0 saturated carbocycles. The van der Waals surface area contributed by atoms with Crippen LogP contribution >= 0.6 is 0 Å². The fraction of sp³-hybridized carbons (Fsp3) is 0.130. The maximum Gasteiger partial charge on any atom is 0.256 e. The van der Waals surface area contributed by atoms with Gasteiger partial charge < -0.3 is 10.2 Å². The predicted octanol–water partition coefficient (Wildman–Crippen LogP) is 4.52. The van der Waals surface area contributed by atoms with E-state index in [2.05, 4.69) is 5.32 Å². The van der Waals surface area contributed by atoms with Gasteiger partial charge in [-0.05, 0) is 36.2 Å². The van der Waals surface area contributed by atoms with Crippen LogP contribution in [0.3, 0.4) is 0 Å². The number of hydrogen-bond acceptors (Lipinski definition) is 2. The minimum atomic E-state index is -0.223. The summed E-state index contributed by atoms with van der Waals surface area (Å²) < 4.78 is 0. The van der Waals surface area contributed by atoms with Crippen molar-refractivity contribution >= 4 is 17.5 Å². The molecule has 4 nitrogen and oxygen atoms in total. The molecule has 0 bridgehead atoms. The van der Waals surface area contributed by atoms with Crippen LogP contribution in [0.25, 0.3) is 0 Å². The van der Waals surface area contributed by atoms with Crippen LogP contribution in [0.1, 0.15) is 31.8 Å². The van der Waals surface area contributed by atoms with Gasteiger partial charge in [0.15, 0.2) is 0 Å². The molecule has 0 aromatic heterocycles. The van der Waals surface area contributed by atoms with Crippen molar-refractivity contribution in [2.75, 3.05) is 12.4 Å². The van der Waals surface area contributed by atoms with Crippen molar-refractivity contribution < 1.29 is 9.59 Å². The SMILES string of the molecule is Cc1ccccc1C(=O)Nc1ccccc1C(=O)N(C)Cc1ccccc1. The molecule has 2 amide bonds. The van der Waals surface area contributed by atoms with Crippen LogP contribution in [-0.2, 0) is 6.54 Å². The quantitative estimate of drug-likeness (QED) is 0.729. The van der Waals surface area contributed by atoms with E-state index in [0.29, 0.717) is 23.4 Å². The van der Waals surface area contributed by atoms with Crippen LogP contribution in [0.5, 0.6) is 0 Å². The Kier molecular flexibility index (Phi) is 5.67. The summed E-state index contributed by atoms with van der Waals surface area (Å²) >= 11 is 0. The van der Waals surface area contributed by atoms with Gasteiger partial charge >= 0.3 is 0 Å². The summed E-state index contributed by atoms with van der Waals surface area (Å²) in [5.41, 5.74) is 3.51. The maximum atomic E-state index is 12.9. The molecule has 3 aromatic rings. The number of hydrogen-bond donors (Lipinski definition) is 1. The van der Waals surface area contributed by atoms with Gasteiger partial charge in [0.2, 0.25) is 0 Å². The van der Waals surface area contributed by atoms with Gasteiger partial charge in [0.25, 0.3) is 11.8 Å². The molecule has 0 aliphatic heterocycles. The summed E-state index contributed by atoms with van der Waals surface area (Å²) in [7, 11) is 1.76. The van der Waals surface area contributed by atoms with Gasteiger partial charge in [0, 0.05) is 19.2 Å². The first-order chi connectivity index (χ1) is 13.1. The normalized spacial score (nSPS) is 10.3. The highest BCUT2D eigenvalue weighted by Gasteiger charge is 2.18. The van der Waals surface area contributed by atoms with Gasteiger partial charge in [0.05, 0.1) is 11.3 Å². The van der Waals surface area contributed by atoms with Crippen molar-refractivity contribution in [2.45, 2.75) is 13.5 Å². The largest absolute Gasteiger partial charge is 0.337 e. The Morgan fingerprint density at radius 1 is 0.815 bits per heavy atom. The van der Waals surface area contributed by atoms with Crippen LogP contribution in [0.15, 0.2) is 78.9 Å². The number of nitrogens with zero attached hydrogens (tertiary/aromatic N) is 1. The number of anilines is 1. The molecule has 0 heterocycles.